The minimum absolute atomic E-state index is 0. The molecule has 6 heteroatoms. The number of hydrogen-bond acceptors (Lipinski definition) is 5. The number of fused-ring (bicyclic) bond motifs is 1. The zero-order valence-corrected chi connectivity index (χ0v) is 13.6. The molecule has 2 fully saturated rings. The first-order valence-electron chi connectivity index (χ1n) is 7.18. The summed E-state index contributed by atoms with van der Waals surface area (Å²) in [4.78, 5) is 18.6. The first-order chi connectivity index (χ1) is 10.3. The summed E-state index contributed by atoms with van der Waals surface area (Å²) in [6.07, 6.45) is 0. The number of esters is 1. The van der Waals surface area contributed by atoms with Crippen LogP contribution in [0.5, 0.6) is 0 Å². The van der Waals surface area contributed by atoms with Crippen molar-refractivity contribution >= 4 is 29.7 Å². The summed E-state index contributed by atoms with van der Waals surface area (Å²) >= 11 is 1.69. The van der Waals surface area contributed by atoms with E-state index in [9.17, 15) is 4.79 Å². The van der Waals surface area contributed by atoms with Crippen LogP contribution in [0.4, 0.5) is 0 Å². The average molecular weight is 337 g/mol. The molecule has 0 saturated carbocycles. The largest absolute Gasteiger partial charge is 0.465 e. The Kier molecular flexibility index (Phi) is 4.47. The van der Waals surface area contributed by atoms with Crippen LogP contribution < -0.4 is 0 Å². The molecule has 2 atom stereocenters. The normalized spacial score (nSPS) is 23.9. The van der Waals surface area contributed by atoms with Crippen molar-refractivity contribution in [1.29, 1.82) is 0 Å². The van der Waals surface area contributed by atoms with Crippen molar-refractivity contribution in [2.24, 2.45) is 11.8 Å². The second-order valence-electron chi connectivity index (χ2n) is 5.68. The van der Waals surface area contributed by atoms with E-state index < -0.39 is 0 Å². The summed E-state index contributed by atoms with van der Waals surface area (Å²) in [5.41, 5.74) is 2.19. The highest BCUT2D eigenvalue weighted by Crippen LogP contribution is 2.32. The number of hydrogen-bond donors (Lipinski definition) is 0. The zero-order valence-electron chi connectivity index (χ0n) is 12.0. The summed E-state index contributed by atoms with van der Waals surface area (Å²) in [6, 6.07) is 10.2. The molecule has 116 valence electrons. The maximum atomic E-state index is 11.6. The average Bonchev–Trinajstić information content (AvgIpc) is 3.19. The van der Waals surface area contributed by atoms with Crippen LogP contribution in [0, 0.1) is 11.8 Å². The van der Waals surface area contributed by atoms with Crippen LogP contribution in [0.25, 0.3) is 11.3 Å². The predicted molar refractivity (Wildman–Crippen MR) is 88.0 cm³/mol. The van der Waals surface area contributed by atoms with E-state index in [-0.39, 0.29) is 24.3 Å². The van der Waals surface area contributed by atoms with E-state index >= 15 is 0 Å². The number of aromatic nitrogens is 1. The van der Waals surface area contributed by atoms with Gasteiger partial charge in [-0.15, -0.1) is 23.7 Å². The highest BCUT2D eigenvalue weighted by Gasteiger charge is 2.43. The molecule has 0 radical (unpaired) electrons. The minimum atomic E-state index is -0.0217. The monoisotopic (exact) mass is 336 g/mol. The predicted octanol–water partition coefficient (Wildman–Crippen LogP) is 2.84. The number of carbonyl (C=O) groups excluding carboxylic acids is 1. The maximum absolute atomic E-state index is 11.6. The third-order valence-corrected chi connectivity index (χ3v) is 5.07. The molecule has 2 aromatic rings. The van der Waals surface area contributed by atoms with Gasteiger partial charge in [-0.05, 0) is 0 Å². The Bertz CT molecular complexity index is 661. The fourth-order valence-electron chi connectivity index (χ4n) is 3.14. The van der Waals surface area contributed by atoms with E-state index in [1.54, 1.807) is 11.3 Å². The first kappa shape index (κ1) is 15.5. The van der Waals surface area contributed by atoms with Gasteiger partial charge in [0.1, 0.15) is 5.01 Å². The van der Waals surface area contributed by atoms with Gasteiger partial charge in [0.05, 0.1) is 24.8 Å². The lowest BCUT2D eigenvalue weighted by Gasteiger charge is -2.14. The van der Waals surface area contributed by atoms with Gasteiger partial charge in [0.15, 0.2) is 0 Å². The van der Waals surface area contributed by atoms with Crippen LogP contribution in [-0.4, -0.2) is 35.5 Å². The quantitative estimate of drug-likeness (QED) is 0.808. The second kappa shape index (κ2) is 6.36. The molecule has 1 aromatic carbocycles. The molecular formula is C16H17ClN2O2S. The Labute approximate surface area is 139 Å². The molecule has 0 unspecified atom stereocenters. The summed E-state index contributed by atoms with van der Waals surface area (Å²) in [5, 5.41) is 3.22. The molecule has 22 heavy (non-hydrogen) atoms. The summed E-state index contributed by atoms with van der Waals surface area (Å²) < 4.78 is 5.10. The van der Waals surface area contributed by atoms with Gasteiger partial charge >= 0.3 is 5.97 Å². The lowest BCUT2D eigenvalue weighted by molar-refractivity contribution is -0.141. The fraction of sp³-hybridized carbons (Fsp3) is 0.375. The molecule has 1 aromatic heterocycles. The Hall–Kier alpha value is -1.43. The lowest BCUT2D eigenvalue weighted by atomic mass is 10.0. The van der Waals surface area contributed by atoms with Gasteiger partial charge in [0.2, 0.25) is 0 Å². The number of cyclic esters (lactones) is 1. The van der Waals surface area contributed by atoms with Gasteiger partial charge in [-0.25, -0.2) is 4.98 Å². The molecule has 3 heterocycles. The number of ether oxygens (including phenoxy) is 1. The molecular weight excluding hydrogens is 320 g/mol. The standard InChI is InChI=1S/C16H16N2O2S.ClH/c19-16-13-7-18(6-12(13)9-20-16)8-15-17-14(10-21-15)11-4-2-1-3-5-11;/h1-5,10,12-13H,6-9H2;1H/t12-,13-;/m1./s1. The Morgan fingerprint density at radius 3 is 2.86 bits per heavy atom. The van der Waals surface area contributed by atoms with Gasteiger partial charge in [-0.2, -0.15) is 0 Å². The van der Waals surface area contributed by atoms with Crippen molar-refractivity contribution in [2.75, 3.05) is 19.7 Å². The topological polar surface area (TPSA) is 42.4 Å². The molecule has 0 amide bonds. The molecule has 2 aliphatic heterocycles. The Morgan fingerprint density at radius 1 is 1.27 bits per heavy atom. The van der Waals surface area contributed by atoms with E-state index in [1.165, 1.54) is 0 Å². The van der Waals surface area contributed by atoms with Crippen molar-refractivity contribution < 1.29 is 9.53 Å². The van der Waals surface area contributed by atoms with Crippen LogP contribution in [0.1, 0.15) is 5.01 Å². The van der Waals surface area contributed by atoms with E-state index in [0.717, 1.165) is 35.9 Å². The number of carbonyl (C=O) groups is 1. The number of likely N-dealkylation sites (tertiary alicyclic amines) is 1. The molecule has 2 aliphatic rings. The summed E-state index contributed by atoms with van der Waals surface area (Å²) in [7, 11) is 0. The van der Waals surface area contributed by atoms with Crippen molar-refractivity contribution in [1.82, 2.24) is 9.88 Å². The van der Waals surface area contributed by atoms with Crippen LogP contribution >= 0.6 is 23.7 Å². The number of halogens is 1. The molecule has 2 saturated heterocycles. The molecule has 4 rings (SSSR count). The second-order valence-corrected chi connectivity index (χ2v) is 6.63. The van der Waals surface area contributed by atoms with Crippen molar-refractivity contribution in [3.05, 3.63) is 40.7 Å². The van der Waals surface area contributed by atoms with Crippen molar-refractivity contribution in [3.63, 3.8) is 0 Å². The van der Waals surface area contributed by atoms with E-state index in [2.05, 4.69) is 22.4 Å². The highest BCUT2D eigenvalue weighted by atomic mass is 35.5. The summed E-state index contributed by atoms with van der Waals surface area (Å²) in [6.45, 7) is 3.17. The van der Waals surface area contributed by atoms with Gasteiger partial charge in [-0.3, -0.25) is 9.69 Å². The number of thiazole rings is 1. The highest BCUT2D eigenvalue weighted by molar-refractivity contribution is 7.09. The van der Waals surface area contributed by atoms with Gasteiger partial charge in [0.25, 0.3) is 0 Å². The zero-order chi connectivity index (χ0) is 14.2. The Balaban J connectivity index is 0.00000144. The molecule has 0 bridgehead atoms. The fourth-order valence-corrected chi connectivity index (χ4v) is 3.98. The smallest absolute Gasteiger partial charge is 0.310 e. The molecule has 0 spiro atoms. The minimum Gasteiger partial charge on any atom is -0.465 e. The number of benzene rings is 1. The SMILES string of the molecule is Cl.O=C1OC[C@H]2CN(Cc3nc(-c4ccccc4)cs3)C[C@@H]12. The molecule has 4 nitrogen and oxygen atoms in total. The van der Waals surface area contributed by atoms with Crippen LogP contribution in [-0.2, 0) is 16.1 Å². The first-order valence-corrected chi connectivity index (χ1v) is 8.06. The maximum Gasteiger partial charge on any atom is 0.310 e. The number of nitrogens with zero attached hydrogens (tertiary/aromatic N) is 2. The van der Waals surface area contributed by atoms with E-state index in [0.29, 0.717) is 12.5 Å². The Morgan fingerprint density at radius 2 is 2.09 bits per heavy atom. The molecule has 0 aliphatic carbocycles. The van der Waals surface area contributed by atoms with E-state index in [4.69, 9.17) is 9.72 Å². The van der Waals surface area contributed by atoms with Crippen molar-refractivity contribution in [2.45, 2.75) is 6.54 Å². The van der Waals surface area contributed by atoms with Crippen LogP contribution in [0.15, 0.2) is 35.7 Å². The van der Waals surface area contributed by atoms with Crippen molar-refractivity contribution in [3.8, 4) is 11.3 Å². The van der Waals surface area contributed by atoms with Crippen LogP contribution in [0.2, 0.25) is 0 Å². The summed E-state index contributed by atoms with van der Waals surface area (Å²) in [5.74, 6) is 0.441. The van der Waals surface area contributed by atoms with Crippen LogP contribution in [0.3, 0.4) is 0 Å². The van der Waals surface area contributed by atoms with Gasteiger partial charge < -0.3 is 4.74 Å². The lowest BCUT2D eigenvalue weighted by Crippen LogP contribution is -2.23. The third kappa shape index (κ3) is 2.89. The van der Waals surface area contributed by atoms with E-state index in [1.807, 2.05) is 18.2 Å². The molecule has 0 N–H and O–H groups in total. The van der Waals surface area contributed by atoms with Gasteiger partial charge in [-0.1, -0.05) is 30.3 Å². The third-order valence-electron chi connectivity index (χ3n) is 4.24. The van der Waals surface area contributed by atoms with Gasteiger partial charge in [0, 0.05) is 30.0 Å². The number of rotatable bonds is 3.